The molecule has 144 valence electrons. The second kappa shape index (κ2) is 6.72. The van der Waals surface area contributed by atoms with E-state index in [1.165, 1.54) is 13.1 Å². The van der Waals surface area contributed by atoms with Crippen LogP contribution in [0.25, 0.3) is 0 Å². The summed E-state index contributed by atoms with van der Waals surface area (Å²) in [6, 6.07) is 3.03. The minimum absolute atomic E-state index is 0.0748. The van der Waals surface area contributed by atoms with Crippen LogP contribution in [0.1, 0.15) is 36.8 Å². The van der Waals surface area contributed by atoms with E-state index in [1.54, 1.807) is 0 Å². The maximum absolute atomic E-state index is 13.7. The molecule has 26 heavy (non-hydrogen) atoms. The topological polar surface area (TPSA) is 41.6 Å². The number of nitrogens with zero attached hydrogens (tertiary/aromatic N) is 1. The highest BCUT2D eigenvalue weighted by molar-refractivity contribution is 5.67. The second-order valence-corrected chi connectivity index (χ2v) is 7.11. The van der Waals surface area contributed by atoms with E-state index < -0.39 is 35.2 Å². The molecule has 1 aliphatic heterocycles. The molecule has 1 N–H and O–H groups in total. The first-order valence-electron chi connectivity index (χ1n) is 8.65. The summed E-state index contributed by atoms with van der Waals surface area (Å²) < 4.78 is 58.7. The van der Waals surface area contributed by atoms with E-state index in [0.717, 1.165) is 31.5 Å². The lowest BCUT2D eigenvalue weighted by molar-refractivity contribution is -0.140. The van der Waals surface area contributed by atoms with Gasteiger partial charge < -0.3 is 10.1 Å². The smallest absolute Gasteiger partial charge is 0.419 e. The molecule has 0 radical (unpaired) electrons. The molecule has 4 nitrogen and oxygen atoms in total. The molecule has 1 heterocycles. The summed E-state index contributed by atoms with van der Waals surface area (Å²) in [5.74, 6) is -1.29. The van der Waals surface area contributed by atoms with Gasteiger partial charge in [0.2, 0.25) is 0 Å². The number of ether oxygens (including phenoxy) is 1. The van der Waals surface area contributed by atoms with Gasteiger partial charge in [-0.05, 0) is 57.0 Å². The fraction of sp³-hybridized carbons (Fsp3) is 0.611. The number of halogens is 4. The van der Waals surface area contributed by atoms with Gasteiger partial charge >= 0.3 is 12.3 Å². The highest BCUT2D eigenvalue weighted by Gasteiger charge is 2.57. The fourth-order valence-corrected chi connectivity index (χ4v) is 3.98. The SMILES string of the molecule is CNC(=O)O[C@H](C1CCCN1C)C1(c2ccc(F)c(C(F)(F)F)c2)CC1. The molecular formula is C18H22F4N2O2. The number of hydrogen-bond acceptors (Lipinski definition) is 3. The van der Waals surface area contributed by atoms with Gasteiger partial charge in [0.05, 0.1) is 5.56 Å². The summed E-state index contributed by atoms with van der Waals surface area (Å²) in [5, 5.41) is 2.41. The predicted molar refractivity (Wildman–Crippen MR) is 87.3 cm³/mol. The number of carbonyl (C=O) groups is 1. The van der Waals surface area contributed by atoms with Crippen molar-refractivity contribution in [2.45, 2.75) is 49.4 Å². The number of carbonyl (C=O) groups excluding carboxylic acids is 1. The molecule has 0 bridgehead atoms. The first-order chi connectivity index (χ1) is 12.2. The van der Waals surface area contributed by atoms with E-state index in [1.807, 2.05) is 7.05 Å². The number of likely N-dealkylation sites (N-methyl/N-ethyl adjacent to an activating group) is 1. The summed E-state index contributed by atoms with van der Waals surface area (Å²) in [4.78, 5) is 14.0. The molecule has 8 heteroatoms. The van der Waals surface area contributed by atoms with Crippen molar-refractivity contribution in [3.8, 4) is 0 Å². The van der Waals surface area contributed by atoms with Crippen LogP contribution in [0.4, 0.5) is 22.4 Å². The Labute approximate surface area is 149 Å². The van der Waals surface area contributed by atoms with Crippen LogP contribution in [0.5, 0.6) is 0 Å². The number of alkyl halides is 3. The molecule has 2 aliphatic rings. The van der Waals surface area contributed by atoms with Crippen molar-refractivity contribution in [1.29, 1.82) is 0 Å². The van der Waals surface area contributed by atoms with Gasteiger partial charge in [0.1, 0.15) is 11.9 Å². The van der Waals surface area contributed by atoms with Gasteiger partial charge in [-0.25, -0.2) is 9.18 Å². The summed E-state index contributed by atoms with van der Waals surface area (Å²) in [5.41, 5.74) is -1.61. The van der Waals surface area contributed by atoms with Gasteiger partial charge in [-0.1, -0.05) is 6.07 Å². The fourth-order valence-electron chi connectivity index (χ4n) is 3.98. The maximum atomic E-state index is 13.7. The molecule has 1 unspecified atom stereocenters. The van der Waals surface area contributed by atoms with Crippen LogP contribution in [-0.4, -0.2) is 43.8 Å². The number of rotatable bonds is 4. The Morgan fingerprint density at radius 1 is 1.38 bits per heavy atom. The average molecular weight is 374 g/mol. The lowest BCUT2D eigenvalue weighted by Crippen LogP contribution is -2.48. The zero-order chi connectivity index (χ0) is 19.1. The van der Waals surface area contributed by atoms with Gasteiger partial charge in [-0.15, -0.1) is 0 Å². The van der Waals surface area contributed by atoms with Crippen LogP contribution in [0, 0.1) is 5.82 Å². The number of benzene rings is 1. The van der Waals surface area contributed by atoms with Crippen LogP contribution in [0.15, 0.2) is 18.2 Å². The minimum Gasteiger partial charge on any atom is -0.444 e. The van der Waals surface area contributed by atoms with E-state index >= 15 is 0 Å². The Kier molecular flexibility index (Phi) is 4.90. The van der Waals surface area contributed by atoms with Crippen LogP contribution >= 0.6 is 0 Å². The Morgan fingerprint density at radius 2 is 2.08 bits per heavy atom. The zero-order valence-electron chi connectivity index (χ0n) is 14.7. The van der Waals surface area contributed by atoms with Crippen molar-refractivity contribution in [3.05, 3.63) is 35.1 Å². The minimum atomic E-state index is -4.77. The van der Waals surface area contributed by atoms with Crippen LogP contribution in [0.3, 0.4) is 0 Å². The molecule has 1 saturated heterocycles. The van der Waals surface area contributed by atoms with E-state index in [-0.39, 0.29) is 6.04 Å². The molecule has 1 saturated carbocycles. The first-order valence-corrected chi connectivity index (χ1v) is 8.65. The molecule has 0 spiro atoms. The van der Waals surface area contributed by atoms with Crippen LogP contribution < -0.4 is 5.32 Å². The van der Waals surface area contributed by atoms with Crippen LogP contribution in [0.2, 0.25) is 0 Å². The van der Waals surface area contributed by atoms with Crippen molar-refractivity contribution in [1.82, 2.24) is 10.2 Å². The third-order valence-corrected chi connectivity index (χ3v) is 5.54. The Morgan fingerprint density at radius 3 is 2.58 bits per heavy atom. The quantitative estimate of drug-likeness (QED) is 0.818. The summed E-state index contributed by atoms with van der Waals surface area (Å²) >= 11 is 0. The third-order valence-electron chi connectivity index (χ3n) is 5.54. The molecule has 0 aromatic heterocycles. The standard InChI is InChI=1S/C18H22F4N2O2/c1-23-16(25)26-15(14-4-3-9-24(14)2)17(7-8-17)11-5-6-13(19)12(10-11)18(20,21)22/h5-6,10,14-15H,3-4,7-9H2,1-2H3,(H,23,25)/t14?,15-/m1/s1. The van der Waals surface area contributed by atoms with Gasteiger partial charge in [0.25, 0.3) is 0 Å². The van der Waals surface area contributed by atoms with Crippen molar-refractivity contribution in [3.63, 3.8) is 0 Å². The van der Waals surface area contributed by atoms with Gasteiger partial charge in [0, 0.05) is 18.5 Å². The molecule has 1 aromatic carbocycles. The molecule has 2 atom stereocenters. The highest BCUT2D eigenvalue weighted by atomic mass is 19.4. The van der Waals surface area contributed by atoms with Gasteiger partial charge in [0.15, 0.2) is 0 Å². The maximum Gasteiger partial charge on any atom is 0.419 e. The monoisotopic (exact) mass is 374 g/mol. The van der Waals surface area contributed by atoms with Crippen molar-refractivity contribution in [2.24, 2.45) is 0 Å². The molecule has 3 rings (SSSR count). The molecule has 1 aliphatic carbocycles. The van der Waals surface area contributed by atoms with E-state index in [9.17, 15) is 22.4 Å². The number of hydrogen-bond donors (Lipinski definition) is 1. The number of likely N-dealkylation sites (tertiary alicyclic amines) is 1. The molecular weight excluding hydrogens is 352 g/mol. The second-order valence-electron chi connectivity index (χ2n) is 7.11. The lowest BCUT2D eigenvalue weighted by atomic mass is 9.84. The lowest BCUT2D eigenvalue weighted by Gasteiger charge is -2.35. The van der Waals surface area contributed by atoms with Crippen LogP contribution in [-0.2, 0) is 16.3 Å². The number of nitrogens with one attached hydrogen (secondary N) is 1. The van der Waals surface area contributed by atoms with Crippen molar-refractivity contribution in [2.75, 3.05) is 20.6 Å². The van der Waals surface area contributed by atoms with E-state index in [0.29, 0.717) is 18.4 Å². The van der Waals surface area contributed by atoms with Crippen molar-refractivity contribution >= 4 is 6.09 Å². The third kappa shape index (κ3) is 3.39. The van der Waals surface area contributed by atoms with Gasteiger partial charge in [-0.2, -0.15) is 13.2 Å². The average Bonchev–Trinajstić information content (AvgIpc) is 3.27. The zero-order valence-corrected chi connectivity index (χ0v) is 14.7. The Hall–Kier alpha value is -1.83. The highest BCUT2D eigenvalue weighted by Crippen LogP contribution is 2.55. The summed E-state index contributed by atoms with van der Waals surface area (Å²) in [6.07, 6.45) is -3.03. The summed E-state index contributed by atoms with van der Waals surface area (Å²) in [6.45, 7) is 0.839. The van der Waals surface area contributed by atoms with Gasteiger partial charge in [-0.3, -0.25) is 4.90 Å². The number of amides is 1. The van der Waals surface area contributed by atoms with E-state index in [4.69, 9.17) is 4.74 Å². The Bertz CT molecular complexity index is 688. The van der Waals surface area contributed by atoms with E-state index in [2.05, 4.69) is 10.2 Å². The van der Waals surface area contributed by atoms with Crippen molar-refractivity contribution < 1.29 is 27.1 Å². The normalized spacial score (nSPS) is 23.5. The molecule has 2 fully saturated rings. The molecule has 1 aromatic rings. The first kappa shape index (κ1) is 18.9. The predicted octanol–water partition coefficient (Wildman–Crippen LogP) is 3.69. The number of alkyl carbamates (subject to hydrolysis) is 1. The largest absolute Gasteiger partial charge is 0.444 e. The molecule has 1 amide bonds. The Balaban J connectivity index is 1.99. The summed E-state index contributed by atoms with van der Waals surface area (Å²) in [7, 11) is 3.36.